The van der Waals surface area contributed by atoms with Crippen molar-refractivity contribution >= 4 is 46.6 Å². The highest BCUT2D eigenvalue weighted by atomic mass is 35.5. The van der Waals surface area contributed by atoms with E-state index in [1.165, 1.54) is 11.4 Å². The standard InChI is InChI=1S/C42H41ClN8O4/c1-48(30-7-4-26(20-44)34(43)18-30)31-8-9-35-36(19-31)46-39(45-35)25-2-5-29(6-3-25)50-14-12-24(13-15-50)21-49-22-27-16-32-33(17-28(27)23-49)42(55)51(41(32)54)37-10-11-38(52)47-40(37)53/h2-7,16-18,24,31,37H,8-15,19,21-23H2,1H3,(H,45,46)(H,47,52,53)/t31-,37?/m1/s1. The van der Waals surface area contributed by atoms with Gasteiger partial charge in [0, 0.05) is 81.3 Å². The van der Waals surface area contributed by atoms with Gasteiger partial charge in [0.05, 0.1) is 27.4 Å². The van der Waals surface area contributed by atoms with Crippen LogP contribution in [0.4, 0.5) is 11.4 Å². The lowest BCUT2D eigenvalue weighted by Gasteiger charge is -2.35. The number of nitrogens with one attached hydrogen (secondary N) is 2. The molecule has 280 valence electrons. The van der Waals surface area contributed by atoms with Gasteiger partial charge >= 0.3 is 0 Å². The molecule has 4 aliphatic heterocycles. The van der Waals surface area contributed by atoms with Crippen LogP contribution in [0.5, 0.6) is 0 Å². The first-order valence-electron chi connectivity index (χ1n) is 19.1. The van der Waals surface area contributed by atoms with Crippen LogP contribution >= 0.6 is 11.6 Å². The van der Waals surface area contributed by atoms with Crippen LogP contribution in [0.15, 0.2) is 54.6 Å². The maximum atomic E-state index is 13.3. The minimum atomic E-state index is -0.951. The Kier molecular flexibility index (Phi) is 8.94. The molecule has 0 radical (unpaired) electrons. The number of fused-ring (bicyclic) bond motifs is 3. The monoisotopic (exact) mass is 756 g/mol. The van der Waals surface area contributed by atoms with Crippen LogP contribution in [0.3, 0.4) is 0 Å². The first-order valence-corrected chi connectivity index (χ1v) is 19.5. The van der Waals surface area contributed by atoms with E-state index >= 15 is 0 Å². The SMILES string of the molecule is CN(c1ccc(C#N)c(Cl)c1)[C@@H]1CCc2nc(-c3ccc(N4CCC(CN5Cc6cc7c(cc6C5)C(=O)N(C5CCC(=O)NC5=O)C7=O)CC4)cc3)[nH]c2C1. The quantitative estimate of drug-likeness (QED) is 0.242. The van der Waals surface area contributed by atoms with Crippen molar-refractivity contribution < 1.29 is 19.2 Å². The maximum absolute atomic E-state index is 13.3. The molecule has 3 aromatic carbocycles. The second-order valence-corrected chi connectivity index (χ2v) is 16.0. The predicted molar refractivity (Wildman–Crippen MR) is 207 cm³/mol. The summed E-state index contributed by atoms with van der Waals surface area (Å²) in [5.74, 6) is -0.429. The average Bonchev–Trinajstić information content (AvgIpc) is 3.87. The number of imide groups is 2. The van der Waals surface area contributed by atoms with Crippen LogP contribution in [0.2, 0.25) is 5.02 Å². The number of hydrogen-bond donors (Lipinski definition) is 2. The molecular weight excluding hydrogens is 716 g/mol. The van der Waals surface area contributed by atoms with Crippen molar-refractivity contribution in [1.29, 1.82) is 5.26 Å². The molecule has 2 saturated heterocycles. The molecule has 12 nitrogen and oxygen atoms in total. The number of nitrogens with zero attached hydrogens (tertiary/aromatic N) is 6. The molecular formula is C42H41ClN8O4. The van der Waals surface area contributed by atoms with Crippen LogP contribution < -0.4 is 15.1 Å². The number of carbonyl (C=O) groups excluding carboxylic acids is 4. The van der Waals surface area contributed by atoms with Crippen LogP contribution in [-0.2, 0) is 35.5 Å². The molecule has 2 atom stereocenters. The second kappa shape index (κ2) is 14.0. The third kappa shape index (κ3) is 6.45. The summed E-state index contributed by atoms with van der Waals surface area (Å²) in [6.07, 6.45) is 5.17. The zero-order valence-corrected chi connectivity index (χ0v) is 31.4. The molecule has 2 fully saturated rings. The van der Waals surface area contributed by atoms with Crippen LogP contribution in [0.25, 0.3) is 11.4 Å². The van der Waals surface area contributed by atoms with E-state index < -0.39 is 23.8 Å². The summed E-state index contributed by atoms with van der Waals surface area (Å²) >= 11 is 6.32. The molecule has 55 heavy (non-hydrogen) atoms. The molecule has 0 saturated carbocycles. The van der Waals surface area contributed by atoms with Gasteiger partial charge in [0.1, 0.15) is 17.9 Å². The summed E-state index contributed by atoms with van der Waals surface area (Å²) in [4.78, 5) is 67.4. The molecule has 5 heterocycles. The van der Waals surface area contributed by atoms with Crippen molar-refractivity contribution in [2.24, 2.45) is 5.92 Å². The van der Waals surface area contributed by atoms with Gasteiger partial charge in [-0.15, -0.1) is 0 Å². The highest BCUT2D eigenvalue weighted by Gasteiger charge is 2.45. The van der Waals surface area contributed by atoms with Gasteiger partial charge in [-0.3, -0.25) is 34.3 Å². The van der Waals surface area contributed by atoms with E-state index in [9.17, 15) is 24.4 Å². The summed E-state index contributed by atoms with van der Waals surface area (Å²) in [6, 6.07) is 19.5. The van der Waals surface area contributed by atoms with Crippen molar-refractivity contribution in [2.45, 2.75) is 70.1 Å². The number of amides is 4. The fraction of sp³-hybridized carbons (Fsp3) is 0.381. The maximum Gasteiger partial charge on any atom is 0.262 e. The van der Waals surface area contributed by atoms with E-state index in [0.29, 0.717) is 33.7 Å². The van der Waals surface area contributed by atoms with E-state index in [-0.39, 0.29) is 18.7 Å². The zero-order valence-electron chi connectivity index (χ0n) is 30.6. The molecule has 9 rings (SSSR count). The van der Waals surface area contributed by atoms with Crippen molar-refractivity contribution in [1.82, 2.24) is 25.1 Å². The minimum Gasteiger partial charge on any atom is -0.372 e. The molecule has 1 aromatic heterocycles. The fourth-order valence-electron chi connectivity index (χ4n) is 9.09. The highest BCUT2D eigenvalue weighted by Crippen LogP contribution is 2.36. The van der Waals surface area contributed by atoms with Gasteiger partial charge in [-0.1, -0.05) is 11.6 Å². The van der Waals surface area contributed by atoms with Crippen molar-refractivity contribution in [3.05, 3.63) is 98.8 Å². The van der Waals surface area contributed by atoms with Gasteiger partial charge in [-0.05, 0) is 104 Å². The van der Waals surface area contributed by atoms with Crippen molar-refractivity contribution in [2.75, 3.05) is 36.5 Å². The normalized spacial score (nSPS) is 21.3. The highest BCUT2D eigenvalue weighted by molar-refractivity contribution is 6.32. The number of H-pyrrole nitrogens is 1. The number of aryl methyl sites for hydroxylation is 1. The Morgan fingerprint density at radius 3 is 2.27 bits per heavy atom. The summed E-state index contributed by atoms with van der Waals surface area (Å²) in [7, 11) is 2.08. The third-order valence-electron chi connectivity index (χ3n) is 12.2. The number of piperidine rings is 2. The summed E-state index contributed by atoms with van der Waals surface area (Å²) in [5, 5.41) is 12.0. The molecule has 2 N–H and O–H groups in total. The molecule has 4 amide bonds. The van der Waals surface area contributed by atoms with Gasteiger partial charge in [0.15, 0.2) is 0 Å². The summed E-state index contributed by atoms with van der Waals surface area (Å²) in [5.41, 5.74) is 8.89. The lowest BCUT2D eigenvalue weighted by atomic mass is 9.94. The number of hydrogen-bond acceptors (Lipinski definition) is 9. The largest absolute Gasteiger partial charge is 0.372 e. The Morgan fingerprint density at radius 1 is 0.909 bits per heavy atom. The first kappa shape index (κ1) is 35.2. The Labute approximate surface area is 324 Å². The van der Waals surface area contributed by atoms with Crippen molar-refractivity contribution in [3.8, 4) is 17.5 Å². The number of halogens is 1. The Morgan fingerprint density at radius 2 is 1.62 bits per heavy atom. The van der Waals surface area contributed by atoms with Gasteiger partial charge in [-0.2, -0.15) is 5.26 Å². The Bertz CT molecular complexity index is 2240. The molecule has 5 aliphatic rings. The molecule has 0 spiro atoms. The zero-order chi connectivity index (χ0) is 38.0. The van der Waals surface area contributed by atoms with E-state index in [1.54, 1.807) is 6.07 Å². The first-order chi connectivity index (χ1) is 26.6. The molecule has 4 aromatic rings. The lowest BCUT2D eigenvalue weighted by molar-refractivity contribution is -0.136. The Hall–Kier alpha value is -5.51. The van der Waals surface area contributed by atoms with Gasteiger partial charge < -0.3 is 14.8 Å². The smallest absolute Gasteiger partial charge is 0.262 e. The van der Waals surface area contributed by atoms with Crippen molar-refractivity contribution in [3.63, 3.8) is 0 Å². The number of aromatic nitrogens is 2. The van der Waals surface area contributed by atoms with E-state index in [2.05, 4.69) is 62.4 Å². The lowest BCUT2D eigenvalue weighted by Crippen LogP contribution is -2.54. The summed E-state index contributed by atoms with van der Waals surface area (Å²) < 4.78 is 0. The molecule has 1 aliphatic carbocycles. The number of carbonyl (C=O) groups is 4. The Balaban J connectivity index is 0.777. The van der Waals surface area contributed by atoms with Gasteiger partial charge in [-0.25, -0.2) is 4.98 Å². The number of benzene rings is 3. The average molecular weight is 757 g/mol. The third-order valence-corrected chi connectivity index (χ3v) is 12.5. The number of aromatic amines is 1. The van der Waals surface area contributed by atoms with Crippen LogP contribution in [-0.4, -0.2) is 82.2 Å². The number of likely N-dealkylation sites (N-methyl/N-ethyl adjacent to an activating group) is 1. The van der Waals surface area contributed by atoms with Crippen LogP contribution in [0.1, 0.15) is 80.9 Å². The number of rotatable bonds is 7. The van der Waals surface area contributed by atoms with E-state index in [4.69, 9.17) is 16.6 Å². The number of nitriles is 1. The predicted octanol–water partition coefficient (Wildman–Crippen LogP) is 5.23. The van der Waals surface area contributed by atoms with Gasteiger partial charge in [0.25, 0.3) is 11.8 Å². The number of anilines is 2. The second-order valence-electron chi connectivity index (χ2n) is 15.6. The van der Waals surface area contributed by atoms with E-state index in [0.717, 1.165) is 104 Å². The van der Waals surface area contributed by atoms with Gasteiger partial charge in [0.2, 0.25) is 11.8 Å². The van der Waals surface area contributed by atoms with Crippen LogP contribution in [0, 0.1) is 17.2 Å². The fourth-order valence-corrected chi connectivity index (χ4v) is 9.31. The number of imidazole rings is 1. The minimum absolute atomic E-state index is 0.106. The van der Waals surface area contributed by atoms with E-state index in [1.807, 2.05) is 24.3 Å². The topological polar surface area (TPSA) is 146 Å². The molecule has 13 heteroatoms. The molecule has 0 bridgehead atoms. The summed E-state index contributed by atoms with van der Waals surface area (Å²) in [6.45, 7) is 4.37. The molecule has 1 unspecified atom stereocenters.